The molecule has 0 spiro atoms. The van der Waals surface area contributed by atoms with Crippen LogP contribution in [0.5, 0.6) is 0 Å². The van der Waals surface area contributed by atoms with Crippen LogP contribution in [0.25, 0.3) is 11.1 Å². The third kappa shape index (κ3) is 7.90. The van der Waals surface area contributed by atoms with Crippen LogP contribution in [0, 0.1) is 5.92 Å². The summed E-state index contributed by atoms with van der Waals surface area (Å²) in [6.07, 6.45) is 2.25. The number of amides is 2. The van der Waals surface area contributed by atoms with Crippen LogP contribution >= 0.6 is 23.2 Å². The lowest BCUT2D eigenvalue weighted by atomic mass is 9.70. The first-order chi connectivity index (χ1) is 20.7. The highest BCUT2D eigenvalue weighted by atomic mass is 35.5. The molecule has 43 heavy (non-hydrogen) atoms. The Labute approximate surface area is 264 Å². The van der Waals surface area contributed by atoms with Crippen LogP contribution in [0.15, 0.2) is 66.7 Å². The molecule has 3 aromatic rings. The van der Waals surface area contributed by atoms with Crippen LogP contribution in [-0.4, -0.2) is 48.2 Å². The van der Waals surface area contributed by atoms with Gasteiger partial charge in [-0.15, -0.1) is 0 Å². The van der Waals surface area contributed by atoms with E-state index in [-0.39, 0.29) is 30.8 Å². The number of carbonyl (C=O) groups is 2. The molecule has 3 aromatic carbocycles. The number of hydrogen-bond donors (Lipinski definition) is 3. The fourth-order valence-corrected chi connectivity index (χ4v) is 6.74. The molecule has 0 bridgehead atoms. The standard InChI is InChI=1S/C34H41Cl2N3O4/c1-2-23-13-16-29(36)31(25-8-4-3-5-9-25)32(23)34(42,17-7-19-43-33(38)41)27-10-6-18-39(22-27)30(40)20-26(21-37)24-11-14-28(35)15-12-24/h3-5,8-9,11-16,26-27,42H,2,6-7,10,17-22,37H2,1H3,(H2,38,41). The molecule has 0 aromatic heterocycles. The van der Waals surface area contributed by atoms with Gasteiger partial charge >= 0.3 is 6.09 Å². The highest BCUT2D eigenvalue weighted by Crippen LogP contribution is 2.47. The highest BCUT2D eigenvalue weighted by Gasteiger charge is 2.44. The lowest BCUT2D eigenvalue weighted by Crippen LogP contribution is -2.49. The molecular formula is C34H41Cl2N3O4. The van der Waals surface area contributed by atoms with Gasteiger partial charge in [0.15, 0.2) is 0 Å². The van der Waals surface area contributed by atoms with Crippen molar-refractivity contribution in [3.05, 3.63) is 93.5 Å². The van der Waals surface area contributed by atoms with Crippen molar-refractivity contribution in [3.63, 3.8) is 0 Å². The van der Waals surface area contributed by atoms with Gasteiger partial charge < -0.3 is 26.2 Å². The molecule has 1 saturated heterocycles. The summed E-state index contributed by atoms with van der Waals surface area (Å²) in [5.41, 5.74) is 14.4. The second-order valence-corrected chi connectivity index (χ2v) is 12.1. The summed E-state index contributed by atoms with van der Waals surface area (Å²) in [7, 11) is 0. The molecule has 2 amide bonds. The molecule has 5 N–H and O–H groups in total. The number of aryl methyl sites for hydroxylation is 1. The zero-order chi connectivity index (χ0) is 31.0. The van der Waals surface area contributed by atoms with Gasteiger partial charge in [0.1, 0.15) is 0 Å². The van der Waals surface area contributed by atoms with Gasteiger partial charge in [-0.25, -0.2) is 4.79 Å². The van der Waals surface area contributed by atoms with Gasteiger partial charge in [0.2, 0.25) is 5.91 Å². The van der Waals surface area contributed by atoms with Crippen molar-refractivity contribution in [2.75, 3.05) is 26.2 Å². The van der Waals surface area contributed by atoms with Gasteiger partial charge in [-0.3, -0.25) is 4.79 Å². The van der Waals surface area contributed by atoms with Crippen molar-refractivity contribution in [2.24, 2.45) is 17.4 Å². The van der Waals surface area contributed by atoms with Crippen molar-refractivity contribution in [2.45, 2.75) is 57.0 Å². The summed E-state index contributed by atoms with van der Waals surface area (Å²) in [4.78, 5) is 26.8. The minimum atomic E-state index is -1.36. The van der Waals surface area contributed by atoms with Crippen molar-refractivity contribution in [1.82, 2.24) is 4.90 Å². The number of nitrogens with zero attached hydrogens (tertiary/aromatic N) is 1. The number of primary amides is 1. The first-order valence-electron chi connectivity index (χ1n) is 14.9. The van der Waals surface area contributed by atoms with E-state index in [1.165, 1.54) is 0 Å². The number of carbonyl (C=O) groups excluding carboxylic acids is 2. The number of piperidine rings is 1. The molecule has 3 unspecified atom stereocenters. The second kappa shape index (κ2) is 15.1. The average molecular weight is 627 g/mol. The zero-order valence-corrected chi connectivity index (χ0v) is 26.1. The van der Waals surface area contributed by atoms with Crippen LogP contribution in [0.4, 0.5) is 4.79 Å². The highest BCUT2D eigenvalue weighted by molar-refractivity contribution is 6.33. The summed E-state index contributed by atoms with van der Waals surface area (Å²) in [6, 6.07) is 21.1. The van der Waals surface area contributed by atoms with Gasteiger partial charge in [-0.1, -0.05) is 78.7 Å². The Bertz CT molecular complexity index is 1390. The molecule has 7 nitrogen and oxygen atoms in total. The molecule has 9 heteroatoms. The van der Waals surface area contributed by atoms with Gasteiger partial charge in [0, 0.05) is 47.0 Å². The number of halogens is 2. The van der Waals surface area contributed by atoms with E-state index in [0.29, 0.717) is 48.9 Å². The van der Waals surface area contributed by atoms with Crippen molar-refractivity contribution in [3.8, 4) is 11.1 Å². The molecular weight excluding hydrogens is 585 g/mol. The maximum atomic E-state index is 13.7. The van der Waals surface area contributed by atoms with Crippen LogP contribution in [0.1, 0.15) is 61.6 Å². The lowest BCUT2D eigenvalue weighted by molar-refractivity contribution is -0.137. The van der Waals surface area contributed by atoms with Crippen LogP contribution in [0.3, 0.4) is 0 Å². The number of ether oxygens (including phenoxy) is 1. The van der Waals surface area contributed by atoms with E-state index in [9.17, 15) is 14.7 Å². The number of likely N-dealkylation sites (tertiary alicyclic amines) is 1. The number of rotatable bonds is 12. The molecule has 0 saturated carbocycles. The van der Waals surface area contributed by atoms with E-state index in [4.69, 9.17) is 39.4 Å². The summed E-state index contributed by atoms with van der Waals surface area (Å²) in [6.45, 7) is 3.45. The third-order valence-corrected chi connectivity index (χ3v) is 9.13. The van der Waals surface area contributed by atoms with Crippen molar-refractivity contribution in [1.29, 1.82) is 0 Å². The van der Waals surface area contributed by atoms with Crippen molar-refractivity contribution < 1.29 is 19.4 Å². The number of hydrogen-bond acceptors (Lipinski definition) is 5. The Balaban J connectivity index is 1.69. The maximum Gasteiger partial charge on any atom is 0.404 e. The minimum absolute atomic E-state index is 0.000367. The number of benzene rings is 3. The van der Waals surface area contributed by atoms with Gasteiger partial charge in [0.25, 0.3) is 0 Å². The zero-order valence-electron chi connectivity index (χ0n) is 24.6. The second-order valence-electron chi connectivity index (χ2n) is 11.2. The minimum Gasteiger partial charge on any atom is -0.450 e. The third-order valence-electron chi connectivity index (χ3n) is 8.56. The van der Waals surface area contributed by atoms with E-state index < -0.39 is 11.7 Å². The van der Waals surface area contributed by atoms with Crippen LogP contribution < -0.4 is 11.5 Å². The molecule has 230 valence electrons. The van der Waals surface area contributed by atoms with Gasteiger partial charge in [-0.2, -0.15) is 0 Å². The quantitative estimate of drug-likeness (QED) is 0.195. The fourth-order valence-electron chi connectivity index (χ4n) is 6.35. The molecule has 4 rings (SSSR count). The maximum absolute atomic E-state index is 13.7. The predicted molar refractivity (Wildman–Crippen MR) is 172 cm³/mol. The summed E-state index contributed by atoms with van der Waals surface area (Å²) < 4.78 is 5.04. The topological polar surface area (TPSA) is 119 Å². The SMILES string of the molecule is CCc1ccc(Cl)c(-c2ccccc2)c1C(O)(CCCOC(N)=O)C1CCCN(C(=O)CC(CN)c2ccc(Cl)cc2)C1. The Kier molecular flexibility index (Phi) is 11.5. The lowest BCUT2D eigenvalue weighted by Gasteiger charge is -2.44. The smallest absolute Gasteiger partial charge is 0.404 e. The average Bonchev–Trinajstić information content (AvgIpc) is 3.02. The molecule has 1 heterocycles. The Morgan fingerprint density at radius 2 is 1.81 bits per heavy atom. The largest absolute Gasteiger partial charge is 0.450 e. The van der Waals surface area contributed by atoms with Crippen LogP contribution in [0.2, 0.25) is 10.0 Å². The van der Waals surface area contributed by atoms with E-state index in [1.54, 1.807) is 0 Å². The fraction of sp³-hybridized carbons (Fsp3) is 0.412. The summed E-state index contributed by atoms with van der Waals surface area (Å²) >= 11 is 12.9. The van der Waals surface area contributed by atoms with Crippen LogP contribution in [-0.2, 0) is 21.6 Å². The Morgan fingerprint density at radius 3 is 2.47 bits per heavy atom. The normalized spacial score (nSPS) is 17.2. The monoisotopic (exact) mass is 625 g/mol. The summed E-state index contributed by atoms with van der Waals surface area (Å²) in [5, 5.41) is 14.1. The molecule has 1 aliphatic rings. The summed E-state index contributed by atoms with van der Waals surface area (Å²) in [5.74, 6) is -0.421. The Hall–Kier alpha value is -3.10. The predicted octanol–water partition coefficient (Wildman–Crippen LogP) is 6.66. The first-order valence-corrected chi connectivity index (χ1v) is 15.7. The molecule has 3 atom stereocenters. The van der Waals surface area contributed by atoms with Crippen molar-refractivity contribution >= 4 is 35.2 Å². The van der Waals surface area contributed by atoms with E-state index >= 15 is 0 Å². The molecule has 1 aliphatic heterocycles. The number of aliphatic hydroxyl groups is 1. The van der Waals surface area contributed by atoms with E-state index in [2.05, 4.69) is 6.92 Å². The Morgan fingerprint density at radius 1 is 1.09 bits per heavy atom. The molecule has 0 radical (unpaired) electrons. The number of nitrogens with two attached hydrogens (primary N) is 2. The van der Waals surface area contributed by atoms with E-state index in [1.807, 2.05) is 71.6 Å². The van der Waals surface area contributed by atoms with Gasteiger partial charge in [-0.05, 0) is 79.1 Å². The first kappa shape index (κ1) is 32.8. The van der Waals surface area contributed by atoms with E-state index in [0.717, 1.165) is 40.7 Å². The van der Waals surface area contributed by atoms with Gasteiger partial charge in [0.05, 0.1) is 12.2 Å². The molecule has 0 aliphatic carbocycles. The molecule has 1 fully saturated rings.